The first-order valence-electron chi connectivity index (χ1n) is 6.50. The van der Waals surface area contributed by atoms with Crippen molar-refractivity contribution in [2.24, 2.45) is 0 Å². The molecule has 0 unspecified atom stereocenters. The van der Waals surface area contributed by atoms with Crippen LogP contribution in [0.1, 0.15) is 12.5 Å². The molecule has 0 aliphatic rings. The van der Waals surface area contributed by atoms with Crippen LogP contribution in [0.15, 0.2) is 59.4 Å². The summed E-state index contributed by atoms with van der Waals surface area (Å²) in [7, 11) is 0. The predicted octanol–water partition coefficient (Wildman–Crippen LogP) is 3.76. The first-order chi connectivity index (χ1) is 9.29. The second-order valence-electron chi connectivity index (χ2n) is 4.61. The van der Waals surface area contributed by atoms with Gasteiger partial charge in [0.1, 0.15) is 0 Å². The van der Waals surface area contributed by atoms with Crippen LogP contribution in [0.25, 0.3) is 22.0 Å². The lowest BCUT2D eigenvalue weighted by molar-refractivity contribution is 1.14. The third-order valence-electron chi connectivity index (χ3n) is 3.43. The maximum atomic E-state index is 12.2. The highest BCUT2D eigenvalue weighted by molar-refractivity contribution is 5.85. The Morgan fingerprint density at radius 3 is 2.53 bits per heavy atom. The zero-order valence-corrected chi connectivity index (χ0v) is 10.8. The molecule has 0 radical (unpaired) electrons. The molecule has 0 atom stereocenters. The van der Waals surface area contributed by atoms with Crippen LogP contribution < -0.4 is 5.56 Å². The summed E-state index contributed by atoms with van der Waals surface area (Å²) in [5.74, 6) is 0. The van der Waals surface area contributed by atoms with E-state index in [0.717, 1.165) is 28.5 Å². The molecule has 1 aromatic heterocycles. The maximum absolute atomic E-state index is 12.2. The summed E-state index contributed by atoms with van der Waals surface area (Å²) in [6, 6.07) is 17.9. The minimum Gasteiger partial charge on any atom is -0.321 e. The fourth-order valence-electron chi connectivity index (χ4n) is 2.42. The number of para-hydroxylation sites is 1. The smallest absolute Gasteiger partial charge is 0.256 e. The van der Waals surface area contributed by atoms with E-state index in [4.69, 9.17) is 0 Å². The second kappa shape index (κ2) is 4.73. The van der Waals surface area contributed by atoms with Gasteiger partial charge in [-0.25, -0.2) is 0 Å². The molecule has 0 fully saturated rings. The van der Waals surface area contributed by atoms with Gasteiger partial charge < -0.3 is 4.98 Å². The third-order valence-corrected chi connectivity index (χ3v) is 3.43. The summed E-state index contributed by atoms with van der Waals surface area (Å²) in [5, 5.41) is 1.08. The van der Waals surface area contributed by atoms with Crippen LogP contribution in [0.5, 0.6) is 0 Å². The van der Waals surface area contributed by atoms with Crippen LogP contribution in [0.3, 0.4) is 0 Å². The Morgan fingerprint density at radius 2 is 1.79 bits per heavy atom. The highest BCUT2D eigenvalue weighted by Crippen LogP contribution is 2.21. The van der Waals surface area contributed by atoms with Crippen molar-refractivity contribution in [3.63, 3.8) is 0 Å². The second-order valence-corrected chi connectivity index (χ2v) is 4.61. The Bertz CT molecular complexity index is 772. The predicted molar refractivity (Wildman–Crippen MR) is 79.4 cm³/mol. The van der Waals surface area contributed by atoms with Crippen LogP contribution in [0, 0.1) is 0 Å². The van der Waals surface area contributed by atoms with Gasteiger partial charge in [0.05, 0.1) is 5.52 Å². The number of aromatic amines is 1. The molecule has 2 aromatic carbocycles. The van der Waals surface area contributed by atoms with Crippen molar-refractivity contribution in [3.05, 3.63) is 70.5 Å². The van der Waals surface area contributed by atoms with Crippen molar-refractivity contribution in [2.75, 3.05) is 0 Å². The Kier molecular flexibility index (Phi) is 2.92. The van der Waals surface area contributed by atoms with Gasteiger partial charge in [0, 0.05) is 5.56 Å². The Labute approximate surface area is 111 Å². The Balaban J connectivity index is 2.30. The number of aryl methyl sites for hydroxylation is 1. The van der Waals surface area contributed by atoms with E-state index < -0.39 is 0 Å². The van der Waals surface area contributed by atoms with Crippen LogP contribution in [0.2, 0.25) is 0 Å². The largest absolute Gasteiger partial charge is 0.321 e. The molecule has 2 heteroatoms. The van der Waals surface area contributed by atoms with Gasteiger partial charge in [-0.1, -0.05) is 55.5 Å². The molecule has 3 aromatic rings. The van der Waals surface area contributed by atoms with Crippen LogP contribution in [-0.2, 0) is 6.42 Å². The number of aromatic nitrogens is 1. The van der Waals surface area contributed by atoms with Gasteiger partial charge in [-0.15, -0.1) is 0 Å². The van der Waals surface area contributed by atoms with E-state index in [1.54, 1.807) is 0 Å². The number of rotatable bonds is 2. The number of benzene rings is 2. The summed E-state index contributed by atoms with van der Waals surface area (Å²) in [5.41, 5.74) is 3.78. The average Bonchev–Trinajstić information content (AvgIpc) is 2.47. The summed E-state index contributed by atoms with van der Waals surface area (Å²) >= 11 is 0. The average molecular weight is 249 g/mol. The highest BCUT2D eigenvalue weighted by atomic mass is 16.1. The molecule has 0 spiro atoms. The molecule has 0 saturated heterocycles. The first kappa shape index (κ1) is 11.7. The van der Waals surface area contributed by atoms with E-state index in [0.29, 0.717) is 0 Å². The molecule has 0 bridgehead atoms. The zero-order valence-electron chi connectivity index (χ0n) is 10.8. The molecule has 94 valence electrons. The summed E-state index contributed by atoms with van der Waals surface area (Å²) in [6.45, 7) is 2.10. The molecule has 1 heterocycles. The van der Waals surface area contributed by atoms with Crippen LogP contribution in [-0.4, -0.2) is 4.98 Å². The number of pyridine rings is 1. The van der Waals surface area contributed by atoms with Gasteiger partial charge in [0.25, 0.3) is 5.56 Å². The number of hydrogen-bond donors (Lipinski definition) is 1. The molecule has 19 heavy (non-hydrogen) atoms. The zero-order chi connectivity index (χ0) is 13.2. The molecular weight excluding hydrogens is 234 g/mol. The lowest BCUT2D eigenvalue weighted by Gasteiger charge is -2.06. The van der Waals surface area contributed by atoms with Crippen molar-refractivity contribution in [1.29, 1.82) is 0 Å². The Morgan fingerprint density at radius 1 is 1.00 bits per heavy atom. The van der Waals surface area contributed by atoms with Crippen LogP contribution in [0.4, 0.5) is 0 Å². The van der Waals surface area contributed by atoms with E-state index in [-0.39, 0.29) is 5.56 Å². The lowest BCUT2D eigenvalue weighted by Crippen LogP contribution is -2.09. The molecule has 3 rings (SSSR count). The van der Waals surface area contributed by atoms with Crippen molar-refractivity contribution in [2.45, 2.75) is 13.3 Å². The van der Waals surface area contributed by atoms with Gasteiger partial charge in [0.15, 0.2) is 0 Å². The van der Waals surface area contributed by atoms with E-state index in [9.17, 15) is 4.79 Å². The molecular formula is C17H15NO. The van der Waals surface area contributed by atoms with Crippen molar-refractivity contribution in [3.8, 4) is 11.1 Å². The fraction of sp³-hybridized carbons (Fsp3) is 0.118. The molecule has 0 saturated carbocycles. The number of nitrogens with one attached hydrogen (secondary N) is 1. The number of hydrogen-bond acceptors (Lipinski definition) is 1. The first-order valence-corrected chi connectivity index (χ1v) is 6.50. The van der Waals surface area contributed by atoms with Gasteiger partial charge in [-0.2, -0.15) is 0 Å². The van der Waals surface area contributed by atoms with Crippen molar-refractivity contribution < 1.29 is 0 Å². The van der Waals surface area contributed by atoms with E-state index >= 15 is 0 Å². The molecule has 0 amide bonds. The van der Waals surface area contributed by atoms with E-state index in [1.165, 1.54) is 5.56 Å². The van der Waals surface area contributed by atoms with Crippen molar-refractivity contribution in [1.82, 2.24) is 4.98 Å². The van der Waals surface area contributed by atoms with E-state index in [1.807, 2.05) is 48.5 Å². The summed E-state index contributed by atoms with van der Waals surface area (Å²) in [4.78, 5) is 15.3. The van der Waals surface area contributed by atoms with Gasteiger partial charge in [0.2, 0.25) is 0 Å². The van der Waals surface area contributed by atoms with E-state index in [2.05, 4.69) is 18.0 Å². The SMILES string of the molecule is CCc1cccc2cc(-c3ccccc3)c(=O)[nH]c12. The lowest BCUT2D eigenvalue weighted by atomic mass is 10.0. The number of H-pyrrole nitrogens is 1. The summed E-state index contributed by atoms with van der Waals surface area (Å²) in [6.07, 6.45) is 0.915. The number of fused-ring (bicyclic) bond motifs is 1. The van der Waals surface area contributed by atoms with Crippen LogP contribution >= 0.6 is 0 Å². The Hall–Kier alpha value is -2.35. The highest BCUT2D eigenvalue weighted by Gasteiger charge is 2.06. The molecule has 0 aliphatic heterocycles. The van der Waals surface area contributed by atoms with Gasteiger partial charge in [-0.05, 0) is 29.0 Å². The maximum Gasteiger partial charge on any atom is 0.256 e. The third kappa shape index (κ3) is 2.06. The quantitative estimate of drug-likeness (QED) is 0.737. The van der Waals surface area contributed by atoms with Crippen molar-refractivity contribution >= 4 is 10.9 Å². The molecule has 1 N–H and O–H groups in total. The topological polar surface area (TPSA) is 32.9 Å². The van der Waals surface area contributed by atoms with Gasteiger partial charge >= 0.3 is 0 Å². The minimum atomic E-state index is -0.0281. The molecule has 2 nitrogen and oxygen atoms in total. The summed E-state index contributed by atoms with van der Waals surface area (Å²) < 4.78 is 0. The normalized spacial score (nSPS) is 10.8. The fourth-order valence-corrected chi connectivity index (χ4v) is 2.42. The molecule has 0 aliphatic carbocycles. The standard InChI is InChI=1S/C17H15NO/c1-2-12-9-6-10-14-11-15(17(19)18-16(12)14)13-7-4-3-5-8-13/h3-11H,2H2,1H3,(H,18,19). The minimum absolute atomic E-state index is 0.0281. The van der Waals surface area contributed by atoms with Gasteiger partial charge in [-0.3, -0.25) is 4.79 Å². The monoisotopic (exact) mass is 249 g/mol.